The molecule has 0 amide bonds. The van der Waals surface area contributed by atoms with E-state index in [2.05, 4.69) is 30.4 Å². The van der Waals surface area contributed by atoms with Gasteiger partial charge >= 0.3 is 0 Å². The number of nitrogens with zero attached hydrogens (tertiary/aromatic N) is 1. The first-order valence-electron chi connectivity index (χ1n) is 4.89. The molecule has 84 valence electrons. The molecule has 1 N–H and O–H groups in total. The lowest BCUT2D eigenvalue weighted by Gasteiger charge is -2.22. The first-order valence-corrected chi connectivity index (χ1v) is 6.50. The Kier molecular flexibility index (Phi) is 4.90. The molecular weight excluding hydrogens is 228 g/mol. The van der Waals surface area contributed by atoms with Gasteiger partial charge in [-0.05, 0) is 31.7 Å². The van der Waals surface area contributed by atoms with Gasteiger partial charge in [0.2, 0.25) is 0 Å². The quantitative estimate of drug-likeness (QED) is 0.862. The average molecular weight is 245 g/mol. The summed E-state index contributed by atoms with van der Waals surface area (Å²) in [5.41, 5.74) is 1.10. The van der Waals surface area contributed by atoms with Gasteiger partial charge in [0, 0.05) is 30.2 Å². The Hall–Kier alpha value is -0.250. The number of hydrogen-bond acceptors (Lipinski definition) is 3. The normalized spacial score (nSPS) is 11.7. The van der Waals surface area contributed by atoms with E-state index in [1.165, 1.54) is 0 Å². The summed E-state index contributed by atoms with van der Waals surface area (Å²) < 4.78 is 0.263. The minimum Gasteiger partial charge on any atom is -0.311 e. The first kappa shape index (κ1) is 12.8. The van der Waals surface area contributed by atoms with E-state index in [1.54, 1.807) is 12.4 Å². The number of hydrogen-bond donors (Lipinski definition) is 1. The Balaban J connectivity index is 2.42. The molecule has 2 nitrogen and oxygen atoms in total. The van der Waals surface area contributed by atoms with Crippen molar-refractivity contribution >= 4 is 23.4 Å². The van der Waals surface area contributed by atoms with Crippen molar-refractivity contribution in [2.24, 2.45) is 0 Å². The number of thioether (sulfide) groups is 1. The Bertz CT molecular complexity index is 315. The Morgan fingerprint density at radius 1 is 1.53 bits per heavy atom. The fraction of sp³-hybridized carbons (Fsp3) is 0.545. The van der Waals surface area contributed by atoms with E-state index in [0.29, 0.717) is 0 Å². The van der Waals surface area contributed by atoms with Crippen molar-refractivity contribution in [3.05, 3.63) is 29.0 Å². The molecule has 0 aliphatic carbocycles. The maximum Gasteiger partial charge on any atom is 0.0634 e. The van der Waals surface area contributed by atoms with Crippen molar-refractivity contribution in [2.75, 3.05) is 12.8 Å². The molecule has 4 heteroatoms. The van der Waals surface area contributed by atoms with Gasteiger partial charge in [-0.15, -0.1) is 0 Å². The van der Waals surface area contributed by atoms with Gasteiger partial charge in [-0.1, -0.05) is 11.6 Å². The first-order chi connectivity index (χ1) is 7.05. The predicted octanol–water partition coefficient (Wildman–Crippen LogP) is 2.97. The zero-order valence-electron chi connectivity index (χ0n) is 9.38. The standard InChI is InChI=1S/C11H17ClN2S/c1-11(2,15-3)8-14-6-9-4-5-13-7-10(9)12/h4-5,7,14H,6,8H2,1-3H3. The van der Waals surface area contributed by atoms with Crippen LogP contribution in [0.25, 0.3) is 0 Å². The lowest BCUT2D eigenvalue weighted by molar-refractivity contribution is 0.591. The van der Waals surface area contributed by atoms with Gasteiger partial charge in [0.1, 0.15) is 0 Å². The zero-order chi connectivity index (χ0) is 11.3. The highest BCUT2D eigenvalue weighted by atomic mass is 35.5. The van der Waals surface area contributed by atoms with Crippen molar-refractivity contribution < 1.29 is 0 Å². The van der Waals surface area contributed by atoms with Crippen molar-refractivity contribution in [3.63, 3.8) is 0 Å². The molecule has 1 aromatic rings. The topological polar surface area (TPSA) is 24.9 Å². The van der Waals surface area contributed by atoms with Crippen molar-refractivity contribution in [3.8, 4) is 0 Å². The van der Waals surface area contributed by atoms with E-state index in [1.807, 2.05) is 17.8 Å². The second kappa shape index (κ2) is 5.73. The molecule has 0 aliphatic rings. The molecule has 0 bridgehead atoms. The summed E-state index contributed by atoms with van der Waals surface area (Å²) in [4.78, 5) is 3.95. The average Bonchev–Trinajstić information content (AvgIpc) is 2.21. The molecule has 0 unspecified atom stereocenters. The number of rotatable bonds is 5. The Morgan fingerprint density at radius 3 is 2.87 bits per heavy atom. The van der Waals surface area contributed by atoms with Gasteiger partial charge in [0.05, 0.1) is 5.02 Å². The second-order valence-electron chi connectivity index (χ2n) is 4.03. The summed E-state index contributed by atoms with van der Waals surface area (Å²) in [5, 5.41) is 4.13. The zero-order valence-corrected chi connectivity index (χ0v) is 11.0. The van der Waals surface area contributed by atoms with Crippen molar-refractivity contribution in [1.82, 2.24) is 10.3 Å². The fourth-order valence-electron chi connectivity index (χ4n) is 1.12. The van der Waals surface area contributed by atoms with E-state index in [0.717, 1.165) is 23.7 Å². The van der Waals surface area contributed by atoms with E-state index >= 15 is 0 Å². The van der Waals surface area contributed by atoms with E-state index in [-0.39, 0.29) is 4.75 Å². The van der Waals surface area contributed by atoms with Crippen LogP contribution in [-0.4, -0.2) is 22.5 Å². The third-order valence-corrected chi connectivity index (χ3v) is 3.87. The summed E-state index contributed by atoms with van der Waals surface area (Å²) in [5.74, 6) is 0. The molecule has 0 atom stereocenters. The highest BCUT2D eigenvalue weighted by Crippen LogP contribution is 2.20. The molecule has 0 saturated heterocycles. The highest BCUT2D eigenvalue weighted by Gasteiger charge is 2.14. The summed E-state index contributed by atoms with van der Waals surface area (Å²) in [6, 6.07) is 1.95. The number of halogens is 1. The van der Waals surface area contributed by atoms with Gasteiger partial charge < -0.3 is 5.32 Å². The van der Waals surface area contributed by atoms with Gasteiger partial charge in [0.25, 0.3) is 0 Å². The summed E-state index contributed by atoms with van der Waals surface area (Å²) in [7, 11) is 0. The molecule has 0 spiro atoms. The number of pyridine rings is 1. The minimum atomic E-state index is 0.263. The molecule has 0 fully saturated rings. The lowest BCUT2D eigenvalue weighted by Crippen LogP contribution is -2.31. The van der Waals surface area contributed by atoms with Crippen LogP contribution in [0.5, 0.6) is 0 Å². The monoisotopic (exact) mass is 244 g/mol. The van der Waals surface area contributed by atoms with E-state index in [9.17, 15) is 0 Å². The maximum absolute atomic E-state index is 6.00. The summed E-state index contributed by atoms with van der Waals surface area (Å²) >= 11 is 7.86. The molecule has 15 heavy (non-hydrogen) atoms. The third kappa shape index (κ3) is 4.41. The molecule has 0 aliphatic heterocycles. The van der Waals surface area contributed by atoms with Crippen LogP contribution >= 0.6 is 23.4 Å². The molecule has 0 aromatic carbocycles. The molecule has 0 saturated carbocycles. The van der Waals surface area contributed by atoms with Gasteiger partial charge in [0.15, 0.2) is 0 Å². The molecule has 0 radical (unpaired) electrons. The molecular formula is C11H17ClN2S. The molecule has 1 rings (SSSR count). The van der Waals surface area contributed by atoms with E-state index in [4.69, 9.17) is 11.6 Å². The van der Waals surface area contributed by atoms with Gasteiger partial charge in [-0.2, -0.15) is 11.8 Å². The van der Waals surface area contributed by atoms with E-state index < -0.39 is 0 Å². The van der Waals surface area contributed by atoms with Crippen molar-refractivity contribution in [1.29, 1.82) is 0 Å². The van der Waals surface area contributed by atoms with Gasteiger partial charge in [-0.3, -0.25) is 4.98 Å². The van der Waals surface area contributed by atoms with Crippen molar-refractivity contribution in [2.45, 2.75) is 25.1 Å². The Labute approximate surface area is 101 Å². The fourth-order valence-corrected chi connectivity index (χ4v) is 1.55. The third-order valence-electron chi connectivity index (χ3n) is 2.28. The lowest BCUT2D eigenvalue weighted by atomic mass is 10.2. The minimum absolute atomic E-state index is 0.263. The largest absolute Gasteiger partial charge is 0.311 e. The second-order valence-corrected chi connectivity index (χ2v) is 5.96. The SMILES string of the molecule is CSC(C)(C)CNCc1ccncc1Cl. The van der Waals surface area contributed by atoms with Gasteiger partial charge in [-0.25, -0.2) is 0 Å². The predicted molar refractivity (Wildman–Crippen MR) is 68.5 cm³/mol. The smallest absolute Gasteiger partial charge is 0.0634 e. The highest BCUT2D eigenvalue weighted by molar-refractivity contribution is 7.99. The van der Waals surface area contributed by atoms with Crippen LogP contribution in [-0.2, 0) is 6.54 Å². The summed E-state index contributed by atoms with van der Waals surface area (Å²) in [6.07, 6.45) is 5.57. The van der Waals surface area contributed by atoms with Crippen LogP contribution in [0.4, 0.5) is 0 Å². The number of nitrogens with one attached hydrogen (secondary N) is 1. The van der Waals surface area contributed by atoms with Crippen LogP contribution in [0.2, 0.25) is 5.02 Å². The van der Waals surface area contributed by atoms with Crippen LogP contribution in [0.15, 0.2) is 18.5 Å². The summed E-state index contributed by atoms with van der Waals surface area (Å²) in [6.45, 7) is 6.20. The van der Waals surface area contributed by atoms with Crippen LogP contribution in [0.1, 0.15) is 19.4 Å². The van der Waals surface area contributed by atoms with Crippen LogP contribution in [0, 0.1) is 0 Å². The van der Waals surface area contributed by atoms with Crippen LogP contribution in [0.3, 0.4) is 0 Å². The van der Waals surface area contributed by atoms with Crippen LogP contribution < -0.4 is 5.32 Å². The molecule has 1 heterocycles. The number of aromatic nitrogens is 1. The molecule has 1 aromatic heterocycles. The Morgan fingerprint density at radius 2 is 2.27 bits per heavy atom. The maximum atomic E-state index is 6.00.